The molecule has 1 aliphatic carbocycles. The van der Waals surface area contributed by atoms with Gasteiger partial charge in [0, 0.05) is 0 Å². The smallest absolute Gasteiger partial charge is 0.323 e. The molecular formula is C13H23NO2. The predicted octanol–water partition coefficient (Wildman–Crippen LogP) is 2.25. The van der Waals surface area contributed by atoms with Crippen molar-refractivity contribution in [1.29, 1.82) is 0 Å². The van der Waals surface area contributed by atoms with Gasteiger partial charge in [-0.1, -0.05) is 13.3 Å². The van der Waals surface area contributed by atoms with Gasteiger partial charge in [-0.3, -0.25) is 4.79 Å². The number of hydrogen-bond acceptors (Lipinski definition) is 3. The van der Waals surface area contributed by atoms with Gasteiger partial charge in [-0.05, 0) is 51.0 Å². The molecule has 2 atom stereocenters. The maximum absolute atomic E-state index is 11.9. The van der Waals surface area contributed by atoms with Crippen molar-refractivity contribution >= 4 is 5.97 Å². The fraction of sp³-hybridized carbons (Fsp3) is 0.923. The van der Waals surface area contributed by atoms with Crippen LogP contribution in [-0.2, 0) is 9.53 Å². The number of carbonyl (C=O) groups excluding carboxylic acids is 1. The first-order valence-corrected chi connectivity index (χ1v) is 6.73. The molecular weight excluding hydrogens is 202 g/mol. The molecule has 0 amide bonds. The summed E-state index contributed by atoms with van der Waals surface area (Å²) in [5.41, 5.74) is 0. The Hall–Kier alpha value is -0.570. The molecule has 0 aromatic heterocycles. The Morgan fingerprint density at radius 2 is 2.06 bits per heavy atom. The van der Waals surface area contributed by atoms with Crippen LogP contribution in [0.4, 0.5) is 0 Å². The zero-order chi connectivity index (χ0) is 11.4. The highest BCUT2D eigenvalue weighted by Crippen LogP contribution is 2.24. The second-order valence-electron chi connectivity index (χ2n) is 5.15. The summed E-state index contributed by atoms with van der Waals surface area (Å²) < 4.78 is 5.54. The second-order valence-corrected chi connectivity index (χ2v) is 5.15. The van der Waals surface area contributed by atoms with Crippen molar-refractivity contribution in [2.24, 2.45) is 5.92 Å². The van der Waals surface area contributed by atoms with Gasteiger partial charge in [0.2, 0.25) is 0 Å². The van der Waals surface area contributed by atoms with Crippen LogP contribution >= 0.6 is 0 Å². The average Bonchev–Trinajstić information content (AvgIpc) is 2.82. The van der Waals surface area contributed by atoms with Crippen LogP contribution in [0.1, 0.15) is 51.9 Å². The number of esters is 1. The molecule has 1 saturated carbocycles. The summed E-state index contributed by atoms with van der Waals surface area (Å²) in [6.07, 6.45) is 8.10. The van der Waals surface area contributed by atoms with E-state index < -0.39 is 0 Å². The Bertz CT molecular complexity index is 236. The first-order valence-electron chi connectivity index (χ1n) is 6.73. The number of nitrogens with one attached hydrogen (secondary N) is 1. The highest BCUT2D eigenvalue weighted by molar-refractivity contribution is 5.76. The van der Waals surface area contributed by atoms with E-state index in [1.165, 1.54) is 25.7 Å². The highest BCUT2D eigenvalue weighted by atomic mass is 16.5. The van der Waals surface area contributed by atoms with Gasteiger partial charge < -0.3 is 10.1 Å². The molecule has 1 N–H and O–H groups in total. The molecule has 0 spiro atoms. The molecule has 1 saturated heterocycles. The van der Waals surface area contributed by atoms with Crippen molar-refractivity contribution in [3.05, 3.63) is 0 Å². The third-order valence-electron chi connectivity index (χ3n) is 3.96. The molecule has 0 radical (unpaired) electrons. The topological polar surface area (TPSA) is 38.3 Å². The van der Waals surface area contributed by atoms with Crippen LogP contribution in [0.5, 0.6) is 0 Å². The lowest BCUT2D eigenvalue weighted by Crippen LogP contribution is -2.45. The Morgan fingerprint density at radius 1 is 1.31 bits per heavy atom. The molecule has 0 bridgehead atoms. The van der Waals surface area contributed by atoms with Crippen LogP contribution in [-0.4, -0.2) is 24.7 Å². The van der Waals surface area contributed by atoms with Gasteiger partial charge >= 0.3 is 5.97 Å². The minimum Gasteiger partial charge on any atom is -0.461 e. The van der Waals surface area contributed by atoms with Crippen LogP contribution in [0.25, 0.3) is 0 Å². The van der Waals surface area contributed by atoms with Crippen molar-refractivity contribution in [3.8, 4) is 0 Å². The van der Waals surface area contributed by atoms with Crippen LogP contribution < -0.4 is 5.32 Å². The van der Waals surface area contributed by atoms with E-state index in [1.54, 1.807) is 0 Å². The van der Waals surface area contributed by atoms with Gasteiger partial charge in [0.05, 0.1) is 0 Å². The Balaban J connectivity index is 1.79. The van der Waals surface area contributed by atoms with E-state index in [-0.39, 0.29) is 18.1 Å². The summed E-state index contributed by atoms with van der Waals surface area (Å²) in [7, 11) is 0. The Morgan fingerprint density at radius 3 is 2.75 bits per heavy atom. The monoisotopic (exact) mass is 225 g/mol. The van der Waals surface area contributed by atoms with E-state index in [9.17, 15) is 4.79 Å². The maximum Gasteiger partial charge on any atom is 0.323 e. The largest absolute Gasteiger partial charge is 0.461 e. The van der Waals surface area contributed by atoms with Crippen molar-refractivity contribution in [3.63, 3.8) is 0 Å². The molecule has 0 aromatic carbocycles. The van der Waals surface area contributed by atoms with Gasteiger partial charge in [0.1, 0.15) is 12.1 Å². The summed E-state index contributed by atoms with van der Waals surface area (Å²) in [5.74, 6) is 0.687. The molecule has 2 rings (SSSR count). The molecule has 1 heterocycles. The van der Waals surface area contributed by atoms with Gasteiger partial charge in [0.15, 0.2) is 0 Å². The summed E-state index contributed by atoms with van der Waals surface area (Å²) >= 11 is 0. The van der Waals surface area contributed by atoms with Crippen molar-refractivity contribution in [2.45, 2.75) is 64.0 Å². The van der Waals surface area contributed by atoms with Crippen LogP contribution in [0.2, 0.25) is 0 Å². The molecule has 2 fully saturated rings. The van der Waals surface area contributed by atoms with E-state index >= 15 is 0 Å². The van der Waals surface area contributed by atoms with Crippen molar-refractivity contribution in [1.82, 2.24) is 5.32 Å². The predicted molar refractivity (Wildman–Crippen MR) is 63.2 cm³/mol. The third kappa shape index (κ3) is 2.97. The van der Waals surface area contributed by atoms with E-state index in [0.717, 1.165) is 25.8 Å². The normalized spacial score (nSPS) is 31.6. The number of ether oxygens (including phenoxy) is 1. The van der Waals surface area contributed by atoms with E-state index in [4.69, 9.17) is 4.74 Å². The van der Waals surface area contributed by atoms with Gasteiger partial charge in [-0.2, -0.15) is 0 Å². The Kier molecular flexibility index (Phi) is 4.22. The summed E-state index contributed by atoms with van der Waals surface area (Å²) in [6.45, 7) is 3.16. The average molecular weight is 225 g/mol. The molecule has 1 aliphatic heterocycles. The van der Waals surface area contributed by atoms with E-state index in [0.29, 0.717) is 5.92 Å². The van der Waals surface area contributed by atoms with Gasteiger partial charge in [-0.15, -0.1) is 0 Å². The number of hydrogen-bond donors (Lipinski definition) is 1. The lowest BCUT2D eigenvalue weighted by atomic mass is 9.90. The Labute approximate surface area is 97.9 Å². The minimum absolute atomic E-state index is 0.00921. The SMILES string of the molecule is CCC1CCNC(C(=O)OC2CCCC2)C1. The van der Waals surface area contributed by atoms with Crippen molar-refractivity contribution < 1.29 is 9.53 Å². The lowest BCUT2D eigenvalue weighted by molar-refractivity contribution is -0.152. The first-order chi connectivity index (χ1) is 7.79. The van der Waals surface area contributed by atoms with Crippen LogP contribution in [0, 0.1) is 5.92 Å². The molecule has 2 unspecified atom stereocenters. The fourth-order valence-corrected chi connectivity index (χ4v) is 2.80. The van der Waals surface area contributed by atoms with Crippen molar-refractivity contribution in [2.75, 3.05) is 6.54 Å². The highest BCUT2D eigenvalue weighted by Gasteiger charge is 2.29. The summed E-state index contributed by atoms with van der Waals surface area (Å²) in [5, 5.41) is 3.28. The quantitative estimate of drug-likeness (QED) is 0.749. The molecule has 3 nitrogen and oxygen atoms in total. The zero-order valence-corrected chi connectivity index (χ0v) is 10.2. The minimum atomic E-state index is -0.0423. The molecule has 92 valence electrons. The van der Waals surface area contributed by atoms with E-state index in [2.05, 4.69) is 12.2 Å². The zero-order valence-electron chi connectivity index (χ0n) is 10.2. The van der Waals surface area contributed by atoms with E-state index in [1.807, 2.05) is 0 Å². The second kappa shape index (κ2) is 5.67. The first kappa shape index (κ1) is 11.9. The number of piperidine rings is 1. The molecule has 3 heteroatoms. The summed E-state index contributed by atoms with van der Waals surface area (Å²) in [4.78, 5) is 11.9. The maximum atomic E-state index is 11.9. The number of carbonyl (C=O) groups is 1. The van der Waals surface area contributed by atoms with Crippen LogP contribution in [0.3, 0.4) is 0 Å². The van der Waals surface area contributed by atoms with Crippen LogP contribution in [0.15, 0.2) is 0 Å². The summed E-state index contributed by atoms with van der Waals surface area (Å²) in [6, 6.07) is -0.0423. The lowest BCUT2D eigenvalue weighted by Gasteiger charge is -2.29. The molecule has 16 heavy (non-hydrogen) atoms. The standard InChI is InChI=1S/C13H23NO2/c1-2-10-7-8-14-12(9-10)13(15)16-11-5-3-4-6-11/h10-12,14H,2-9H2,1H3. The molecule has 0 aromatic rings. The number of rotatable bonds is 3. The fourth-order valence-electron chi connectivity index (χ4n) is 2.80. The van der Waals surface area contributed by atoms with Gasteiger partial charge in [-0.25, -0.2) is 0 Å². The molecule has 2 aliphatic rings. The third-order valence-corrected chi connectivity index (χ3v) is 3.96. The van der Waals surface area contributed by atoms with Gasteiger partial charge in [0.25, 0.3) is 0 Å².